The number of nitrogens with zero attached hydrogens (tertiary/aromatic N) is 1. The van der Waals surface area contributed by atoms with E-state index in [0.717, 1.165) is 22.1 Å². The minimum absolute atomic E-state index is 0.353. The van der Waals surface area contributed by atoms with Gasteiger partial charge in [-0.05, 0) is 37.6 Å². The molecule has 0 spiro atoms. The number of carbonyl (C=O) groups excluding carboxylic acids is 1. The van der Waals surface area contributed by atoms with Crippen LogP contribution in [-0.4, -0.2) is 18.1 Å². The van der Waals surface area contributed by atoms with Gasteiger partial charge in [-0.15, -0.1) is 11.3 Å². The van der Waals surface area contributed by atoms with Gasteiger partial charge in [0.2, 0.25) is 0 Å². The van der Waals surface area contributed by atoms with Crippen LogP contribution in [0.15, 0.2) is 47.8 Å². The van der Waals surface area contributed by atoms with Crippen molar-refractivity contribution in [1.82, 2.24) is 4.98 Å². The first-order chi connectivity index (χ1) is 11.6. The second-order valence-corrected chi connectivity index (χ2v) is 6.41. The first kappa shape index (κ1) is 16.2. The van der Waals surface area contributed by atoms with Gasteiger partial charge in [-0.2, -0.15) is 0 Å². The van der Waals surface area contributed by atoms with Crippen LogP contribution in [0.3, 0.4) is 0 Å². The number of rotatable bonds is 4. The lowest BCUT2D eigenvalue weighted by Crippen LogP contribution is -2.01. The number of esters is 1. The number of carbonyl (C=O) groups is 1. The lowest BCUT2D eigenvalue weighted by Gasteiger charge is -2.05. The first-order valence-corrected chi connectivity index (χ1v) is 8.43. The second-order valence-electron chi connectivity index (χ2n) is 5.55. The Hall–Kier alpha value is -2.66. The van der Waals surface area contributed by atoms with Crippen LogP contribution in [0.25, 0.3) is 11.3 Å². The Morgan fingerprint density at radius 1 is 1.17 bits per heavy atom. The quantitative estimate of drug-likeness (QED) is 0.683. The number of benzene rings is 2. The fraction of sp³-hybridized carbons (Fsp3) is 0.158. The predicted octanol–water partition coefficient (Wildman–Crippen LogP) is 4.96. The van der Waals surface area contributed by atoms with Gasteiger partial charge in [-0.1, -0.05) is 29.8 Å². The van der Waals surface area contributed by atoms with Crippen LogP contribution in [0.1, 0.15) is 21.5 Å². The molecule has 0 aliphatic carbocycles. The van der Waals surface area contributed by atoms with Gasteiger partial charge in [0.1, 0.15) is 0 Å². The summed E-state index contributed by atoms with van der Waals surface area (Å²) in [5.74, 6) is -0.353. The molecule has 0 saturated heterocycles. The van der Waals surface area contributed by atoms with E-state index in [1.165, 1.54) is 29.6 Å². The Balaban J connectivity index is 1.83. The summed E-state index contributed by atoms with van der Waals surface area (Å²) in [7, 11) is 1.37. The molecule has 2 aromatic carbocycles. The number of hydrogen-bond acceptors (Lipinski definition) is 5. The third-order valence-electron chi connectivity index (χ3n) is 3.70. The van der Waals surface area contributed by atoms with Crippen molar-refractivity contribution < 1.29 is 9.53 Å². The molecule has 4 nitrogen and oxygen atoms in total. The van der Waals surface area contributed by atoms with Crippen LogP contribution < -0.4 is 5.32 Å². The number of nitrogens with one attached hydrogen (secondary N) is 1. The van der Waals surface area contributed by atoms with Gasteiger partial charge in [0.05, 0.1) is 18.4 Å². The summed E-state index contributed by atoms with van der Waals surface area (Å²) < 4.78 is 4.75. The summed E-state index contributed by atoms with van der Waals surface area (Å²) in [5.41, 5.74) is 5.84. The fourth-order valence-corrected chi connectivity index (χ4v) is 3.25. The topological polar surface area (TPSA) is 51.2 Å². The molecular formula is C19H18N2O2S. The van der Waals surface area contributed by atoms with E-state index in [1.807, 2.05) is 17.5 Å². The molecule has 5 heteroatoms. The van der Waals surface area contributed by atoms with Crippen molar-refractivity contribution in [3.8, 4) is 11.3 Å². The van der Waals surface area contributed by atoms with E-state index in [0.29, 0.717) is 5.56 Å². The number of aryl methyl sites for hydroxylation is 2. The maximum Gasteiger partial charge on any atom is 0.337 e. The van der Waals surface area contributed by atoms with Gasteiger partial charge < -0.3 is 10.1 Å². The van der Waals surface area contributed by atoms with Crippen LogP contribution in [0.5, 0.6) is 0 Å². The number of methoxy groups -OCH3 is 1. The molecule has 0 atom stereocenters. The smallest absolute Gasteiger partial charge is 0.337 e. The van der Waals surface area contributed by atoms with Crippen molar-refractivity contribution in [2.45, 2.75) is 13.8 Å². The summed E-state index contributed by atoms with van der Waals surface area (Å²) >= 11 is 1.53. The summed E-state index contributed by atoms with van der Waals surface area (Å²) in [6, 6.07) is 13.5. The maximum absolute atomic E-state index is 11.6. The zero-order valence-electron chi connectivity index (χ0n) is 13.8. The molecule has 0 radical (unpaired) electrons. The molecule has 1 N–H and O–H groups in total. The molecule has 0 unspecified atom stereocenters. The summed E-state index contributed by atoms with van der Waals surface area (Å²) in [5, 5.41) is 6.06. The first-order valence-electron chi connectivity index (χ1n) is 7.55. The van der Waals surface area contributed by atoms with Gasteiger partial charge in [0, 0.05) is 16.6 Å². The fourth-order valence-electron chi connectivity index (χ4n) is 2.52. The van der Waals surface area contributed by atoms with Crippen LogP contribution in [0.4, 0.5) is 10.8 Å². The van der Waals surface area contributed by atoms with E-state index in [1.54, 1.807) is 12.1 Å². The van der Waals surface area contributed by atoms with Crippen LogP contribution >= 0.6 is 11.3 Å². The van der Waals surface area contributed by atoms with Crippen LogP contribution in [0.2, 0.25) is 0 Å². The van der Waals surface area contributed by atoms with Crippen molar-refractivity contribution >= 4 is 28.1 Å². The Kier molecular flexibility index (Phi) is 4.62. The molecule has 3 rings (SSSR count). The molecule has 0 aliphatic heterocycles. The van der Waals surface area contributed by atoms with Crippen LogP contribution in [0, 0.1) is 13.8 Å². The minimum Gasteiger partial charge on any atom is -0.465 e. The number of thiazole rings is 1. The van der Waals surface area contributed by atoms with E-state index >= 15 is 0 Å². The molecule has 0 bridgehead atoms. The Labute approximate surface area is 145 Å². The maximum atomic E-state index is 11.6. The number of anilines is 2. The van der Waals surface area contributed by atoms with Crippen molar-refractivity contribution in [2.75, 3.05) is 12.4 Å². The normalized spacial score (nSPS) is 10.5. The Bertz CT molecular complexity index is 887. The van der Waals surface area contributed by atoms with E-state index in [2.05, 4.69) is 42.3 Å². The lowest BCUT2D eigenvalue weighted by molar-refractivity contribution is 0.0601. The molecular weight excluding hydrogens is 320 g/mol. The predicted molar refractivity (Wildman–Crippen MR) is 98.1 cm³/mol. The van der Waals surface area contributed by atoms with Crippen molar-refractivity contribution in [2.24, 2.45) is 0 Å². The highest BCUT2D eigenvalue weighted by molar-refractivity contribution is 7.14. The van der Waals surface area contributed by atoms with Crippen LogP contribution in [-0.2, 0) is 4.74 Å². The Morgan fingerprint density at radius 3 is 2.75 bits per heavy atom. The highest BCUT2D eigenvalue weighted by Crippen LogP contribution is 2.29. The zero-order valence-corrected chi connectivity index (χ0v) is 14.6. The molecule has 0 aliphatic rings. The standard InChI is InChI=1S/C19H18N2O2S/c1-12-7-8-16(13(2)9-12)17-11-24-19(21-17)20-15-6-4-5-14(10-15)18(22)23-3/h4-11H,1-3H3,(H,20,21). The molecule has 0 saturated carbocycles. The molecule has 1 aromatic heterocycles. The second kappa shape index (κ2) is 6.84. The lowest BCUT2D eigenvalue weighted by atomic mass is 10.0. The molecule has 122 valence electrons. The monoisotopic (exact) mass is 338 g/mol. The minimum atomic E-state index is -0.353. The zero-order chi connectivity index (χ0) is 17.1. The molecule has 0 amide bonds. The van der Waals surface area contributed by atoms with E-state index in [4.69, 9.17) is 4.74 Å². The summed E-state index contributed by atoms with van der Waals surface area (Å²) in [4.78, 5) is 16.3. The average molecular weight is 338 g/mol. The largest absolute Gasteiger partial charge is 0.465 e. The van der Waals surface area contributed by atoms with Crippen molar-refractivity contribution in [1.29, 1.82) is 0 Å². The van der Waals surface area contributed by atoms with Gasteiger partial charge >= 0.3 is 5.97 Å². The third-order valence-corrected chi connectivity index (χ3v) is 4.45. The Morgan fingerprint density at radius 2 is 2.00 bits per heavy atom. The molecule has 24 heavy (non-hydrogen) atoms. The number of ether oxygens (including phenoxy) is 1. The molecule has 1 heterocycles. The van der Waals surface area contributed by atoms with Gasteiger partial charge in [-0.25, -0.2) is 9.78 Å². The number of hydrogen-bond donors (Lipinski definition) is 1. The van der Waals surface area contributed by atoms with Crippen molar-refractivity contribution in [3.05, 3.63) is 64.5 Å². The summed E-state index contributed by atoms with van der Waals surface area (Å²) in [6.07, 6.45) is 0. The van der Waals surface area contributed by atoms with E-state index in [9.17, 15) is 4.79 Å². The molecule has 3 aromatic rings. The highest BCUT2D eigenvalue weighted by Gasteiger charge is 2.09. The van der Waals surface area contributed by atoms with Gasteiger partial charge in [0.25, 0.3) is 0 Å². The van der Waals surface area contributed by atoms with Crippen molar-refractivity contribution in [3.63, 3.8) is 0 Å². The van der Waals surface area contributed by atoms with E-state index in [-0.39, 0.29) is 5.97 Å². The SMILES string of the molecule is COC(=O)c1cccc(Nc2nc(-c3ccc(C)cc3C)cs2)c1. The molecule has 0 fully saturated rings. The van der Waals surface area contributed by atoms with E-state index < -0.39 is 0 Å². The highest BCUT2D eigenvalue weighted by atomic mass is 32.1. The summed E-state index contributed by atoms with van der Waals surface area (Å²) in [6.45, 7) is 4.17. The van der Waals surface area contributed by atoms with Gasteiger partial charge in [-0.3, -0.25) is 0 Å². The van der Waals surface area contributed by atoms with Gasteiger partial charge in [0.15, 0.2) is 5.13 Å². The number of aromatic nitrogens is 1. The average Bonchev–Trinajstić information content (AvgIpc) is 3.02. The third kappa shape index (κ3) is 3.46.